The van der Waals surface area contributed by atoms with Gasteiger partial charge in [0, 0.05) is 17.8 Å². The third-order valence-electron chi connectivity index (χ3n) is 4.29. The number of hydrogen-bond donors (Lipinski definition) is 3. The van der Waals surface area contributed by atoms with E-state index in [0.29, 0.717) is 30.1 Å². The van der Waals surface area contributed by atoms with E-state index in [0.717, 1.165) is 5.56 Å². The van der Waals surface area contributed by atoms with Crippen LogP contribution in [-0.2, 0) is 11.3 Å². The fourth-order valence-electron chi connectivity index (χ4n) is 2.78. The summed E-state index contributed by atoms with van der Waals surface area (Å²) in [6, 6.07) is 20.2. The van der Waals surface area contributed by atoms with Gasteiger partial charge in [0.2, 0.25) is 5.91 Å². The van der Waals surface area contributed by atoms with Gasteiger partial charge in [0.1, 0.15) is 5.76 Å². The van der Waals surface area contributed by atoms with Gasteiger partial charge in [-0.2, -0.15) is 0 Å². The third-order valence-corrected chi connectivity index (χ3v) is 4.29. The minimum Gasteiger partial charge on any atom is -0.467 e. The Bertz CT molecular complexity index is 891. The van der Waals surface area contributed by atoms with Gasteiger partial charge in [0.25, 0.3) is 0 Å². The molecule has 28 heavy (non-hydrogen) atoms. The normalized spacial score (nSPS) is 11.5. The zero-order valence-corrected chi connectivity index (χ0v) is 15.6. The Balaban J connectivity index is 1.45. The molecular weight excluding hydrogens is 354 g/mol. The molecule has 0 aliphatic rings. The van der Waals surface area contributed by atoms with Crippen molar-refractivity contribution >= 4 is 23.3 Å². The summed E-state index contributed by atoms with van der Waals surface area (Å²) in [6.07, 6.45) is 1.96. The van der Waals surface area contributed by atoms with Crippen molar-refractivity contribution in [2.75, 3.05) is 10.6 Å². The Morgan fingerprint density at radius 1 is 0.893 bits per heavy atom. The zero-order chi connectivity index (χ0) is 19.8. The highest BCUT2D eigenvalue weighted by molar-refractivity contribution is 5.92. The van der Waals surface area contributed by atoms with Crippen LogP contribution < -0.4 is 16.0 Å². The van der Waals surface area contributed by atoms with Crippen LogP contribution in [0.5, 0.6) is 0 Å². The molecule has 1 aromatic heterocycles. The third kappa shape index (κ3) is 5.74. The molecule has 3 N–H and O–H groups in total. The lowest BCUT2D eigenvalue weighted by Gasteiger charge is -2.12. The molecule has 0 spiro atoms. The molecule has 1 heterocycles. The first-order chi connectivity index (χ1) is 13.6. The van der Waals surface area contributed by atoms with E-state index < -0.39 is 0 Å². The number of furan rings is 1. The maximum atomic E-state index is 12.3. The molecule has 144 valence electrons. The Hall–Kier alpha value is -3.54. The molecule has 0 saturated heterocycles. The Labute approximate surface area is 164 Å². The van der Waals surface area contributed by atoms with Gasteiger partial charge in [0.05, 0.1) is 12.8 Å². The van der Waals surface area contributed by atoms with Crippen LogP contribution in [0.3, 0.4) is 0 Å². The highest BCUT2D eigenvalue weighted by Gasteiger charge is 2.11. The van der Waals surface area contributed by atoms with Crippen molar-refractivity contribution in [1.82, 2.24) is 5.32 Å². The van der Waals surface area contributed by atoms with E-state index >= 15 is 0 Å². The summed E-state index contributed by atoms with van der Waals surface area (Å²) >= 11 is 0. The Morgan fingerprint density at radius 3 is 2.21 bits per heavy atom. The molecule has 3 aromatic rings. The van der Waals surface area contributed by atoms with Gasteiger partial charge in [0.15, 0.2) is 0 Å². The quantitative estimate of drug-likeness (QED) is 0.556. The molecule has 0 saturated carbocycles. The number of benzene rings is 2. The number of carbonyl (C=O) groups is 2. The molecule has 0 bridgehead atoms. The van der Waals surface area contributed by atoms with Crippen molar-refractivity contribution < 1.29 is 14.0 Å². The van der Waals surface area contributed by atoms with Crippen molar-refractivity contribution in [3.05, 3.63) is 84.3 Å². The molecule has 1 atom stereocenters. The lowest BCUT2D eigenvalue weighted by atomic mass is 9.97. The van der Waals surface area contributed by atoms with E-state index in [2.05, 4.69) is 16.0 Å². The highest BCUT2D eigenvalue weighted by atomic mass is 16.3. The first kappa shape index (κ1) is 19.2. The first-order valence-corrected chi connectivity index (χ1v) is 9.12. The first-order valence-electron chi connectivity index (χ1n) is 9.12. The summed E-state index contributed by atoms with van der Waals surface area (Å²) in [7, 11) is 0. The van der Waals surface area contributed by atoms with Crippen LogP contribution in [0.4, 0.5) is 16.2 Å². The average molecular weight is 377 g/mol. The van der Waals surface area contributed by atoms with Crippen LogP contribution >= 0.6 is 0 Å². The van der Waals surface area contributed by atoms with E-state index in [1.807, 2.05) is 37.3 Å². The molecule has 6 heteroatoms. The number of anilines is 2. The monoisotopic (exact) mass is 377 g/mol. The number of carbonyl (C=O) groups excluding carboxylic acids is 2. The summed E-state index contributed by atoms with van der Waals surface area (Å²) in [5.41, 5.74) is 2.46. The molecule has 0 aliphatic heterocycles. The van der Waals surface area contributed by atoms with Crippen LogP contribution in [0, 0.1) is 0 Å². The summed E-state index contributed by atoms with van der Waals surface area (Å²) in [5, 5.41) is 8.33. The van der Waals surface area contributed by atoms with Crippen LogP contribution in [0.25, 0.3) is 0 Å². The second-order valence-electron chi connectivity index (χ2n) is 6.53. The summed E-state index contributed by atoms with van der Waals surface area (Å²) < 4.78 is 5.16. The molecule has 1 unspecified atom stereocenters. The zero-order valence-electron chi connectivity index (χ0n) is 15.6. The van der Waals surface area contributed by atoms with E-state index in [-0.39, 0.29) is 17.9 Å². The largest absolute Gasteiger partial charge is 0.467 e. The number of nitrogens with one attached hydrogen (secondary N) is 3. The van der Waals surface area contributed by atoms with Crippen LogP contribution in [-0.4, -0.2) is 11.9 Å². The predicted molar refractivity (Wildman–Crippen MR) is 109 cm³/mol. The van der Waals surface area contributed by atoms with E-state index in [1.54, 1.807) is 42.7 Å². The molecule has 3 amide bonds. The van der Waals surface area contributed by atoms with Crippen LogP contribution in [0.1, 0.15) is 30.6 Å². The SMILES string of the molecule is CC(CC(=O)Nc1ccc(NC(=O)NCc2ccco2)cc1)c1ccccc1. The second kappa shape index (κ2) is 9.41. The smallest absolute Gasteiger partial charge is 0.319 e. The number of rotatable bonds is 7. The molecule has 0 radical (unpaired) electrons. The fourth-order valence-corrected chi connectivity index (χ4v) is 2.78. The number of urea groups is 1. The lowest BCUT2D eigenvalue weighted by Crippen LogP contribution is -2.27. The second-order valence-corrected chi connectivity index (χ2v) is 6.53. The summed E-state index contributed by atoms with van der Waals surface area (Å²) in [5.74, 6) is 0.770. The fraction of sp³-hybridized carbons (Fsp3) is 0.182. The topological polar surface area (TPSA) is 83.4 Å². The number of amides is 3. The highest BCUT2D eigenvalue weighted by Crippen LogP contribution is 2.20. The minimum absolute atomic E-state index is 0.0479. The van der Waals surface area contributed by atoms with Crippen molar-refractivity contribution in [3.63, 3.8) is 0 Å². The lowest BCUT2D eigenvalue weighted by molar-refractivity contribution is -0.116. The summed E-state index contributed by atoms with van der Waals surface area (Å²) in [4.78, 5) is 24.1. The van der Waals surface area contributed by atoms with Crippen molar-refractivity contribution in [2.45, 2.75) is 25.8 Å². The predicted octanol–water partition coefficient (Wildman–Crippen LogP) is 4.73. The molecule has 0 aliphatic carbocycles. The van der Waals surface area contributed by atoms with E-state index in [4.69, 9.17) is 4.42 Å². The van der Waals surface area contributed by atoms with Crippen molar-refractivity contribution in [2.24, 2.45) is 0 Å². The van der Waals surface area contributed by atoms with Crippen LogP contribution in [0.2, 0.25) is 0 Å². The van der Waals surface area contributed by atoms with Gasteiger partial charge in [-0.05, 0) is 47.9 Å². The average Bonchev–Trinajstić information content (AvgIpc) is 3.22. The number of hydrogen-bond acceptors (Lipinski definition) is 3. The van der Waals surface area contributed by atoms with Gasteiger partial charge in [-0.25, -0.2) is 4.79 Å². The van der Waals surface area contributed by atoms with Gasteiger partial charge < -0.3 is 20.4 Å². The Morgan fingerprint density at radius 2 is 1.57 bits per heavy atom. The molecule has 3 rings (SSSR count). The van der Waals surface area contributed by atoms with Gasteiger partial charge in [-0.1, -0.05) is 37.3 Å². The van der Waals surface area contributed by atoms with Gasteiger partial charge >= 0.3 is 6.03 Å². The standard InChI is InChI=1S/C22H23N3O3/c1-16(17-6-3-2-4-7-17)14-21(26)24-18-9-11-19(12-10-18)25-22(27)23-15-20-8-5-13-28-20/h2-13,16H,14-15H2,1H3,(H,24,26)(H2,23,25,27). The minimum atomic E-state index is -0.329. The van der Waals surface area contributed by atoms with Crippen molar-refractivity contribution in [3.8, 4) is 0 Å². The van der Waals surface area contributed by atoms with Crippen LogP contribution in [0.15, 0.2) is 77.4 Å². The van der Waals surface area contributed by atoms with E-state index in [1.165, 1.54) is 0 Å². The van der Waals surface area contributed by atoms with Crippen molar-refractivity contribution in [1.29, 1.82) is 0 Å². The molecular formula is C22H23N3O3. The molecule has 2 aromatic carbocycles. The van der Waals surface area contributed by atoms with Gasteiger partial charge in [-0.15, -0.1) is 0 Å². The molecule has 0 fully saturated rings. The van der Waals surface area contributed by atoms with E-state index in [9.17, 15) is 9.59 Å². The summed E-state index contributed by atoms with van der Waals surface area (Å²) in [6.45, 7) is 2.34. The molecule has 6 nitrogen and oxygen atoms in total. The maximum Gasteiger partial charge on any atom is 0.319 e. The maximum absolute atomic E-state index is 12.3. The van der Waals surface area contributed by atoms with Gasteiger partial charge in [-0.3, -0.25) is 4.79 Å². The Kier molecular flexibility index (Phi) is 6.46.